The van der Waals surface area contributed by atoms with Crippen LogP contribution < -0.4 is 0 Å². The summed E-state index contributed by atoms with van der Waals surface area (Å²) in [5, 5.41) is 0. The Kier molecular flexibility index (Phi) is 10.1. The molecule has 1 aliphatic heterocycles. The summed E-state index contributed by atoms with van der Waals surface area (Å²) in [4.78, 5) is 4.62. The van der Waals surface area contributed by atoms with Gasteiger partial charge < -0.3 is 0 Å². The largest absolute Gasteiger partial charge is 0.261 e. The van der Waals surface area contributed by atoms with Crippen molar-refractivity contribution < 1.29 is 0 Å². The SMILES string of the molecule is CCCC(CCC(C)CCC1(C)CCCCCCC1)CC[C@H]1CC=Nc2ccccc21. The van der Waals surface area contributed by atoms with Gasteiger partial charge in [0.2, 0.25) is 0 Å². The fourth-order valence-electron chi connectivity index (χ4n) is 6.18. The van der Waals surface area contributed by atoms with Gasteiger partial charge in [0.15, 0.2) is 0 Å². The maximum absolute atomic E-state index is 4.62. The minimum absolute atomic E-state index is 0.632. The molecule has 174 valence electrons. The molecular formula is C30H49N. The second-order valence-electron chi connectivity index (χ2n) is 11.3. The maximum atomic E-state index is 4.62. The quantitative estimate of drug-likeness (QED) is 0.335. The minimum Gasteiger partial charge on any atom is -0.261 e. The van der Waals surface area contributed by atoms with Crippen LogP contribution in [0.5, 0.6) is 0 Å². The highest BCUT2D eigenvalue weighted by atomic mass is 14.7. The molecule has 1 heteroatoms. The average Bonchev–Trinajstić information content (AvgIpc) is 2.77. The molecule has 0 saturated heterocycles. The Hall–Kier alpha value is -1.11. The van der Waals surface area contributed by atoms with E-state index in [-0.39, 0.29) is 0 Å². The van der Waals surface area contributed by atoms with Gasteiger partial charge in [0.1, 0.15) is 0 Å². The molecule has 3 rings (SSSR count). The molecule has 2 aliphatic rings. The van der Waals surface area contributed by atoms with Crippen LogP contribution in [0.4, 0.5) is 5.69 Å². The molecule has 31 heavy (non-hydrogen) atoms. The molecule has 1 heterocycles. The van der Waals surface area contributed by atoms with E-state index < -0.39 is 0 Å². The lowest BCUT2D eigenvalue weighted by Crippen LogP contribution is -2.19. The predicted octanol–water partition coefficient (Wildman–Crippen LogP) is 10.0. The number of rotatable bonds is 11. The van der Waals surface area contributed by atoms with Crippen molar-refractivity contribution in [2.24, 2.45) is 22.2 Å². The zero-order valence-electron chi connectivity index (χ0n) is 20.9. The zero-order chi connectivity index (χ0) is 21.9. The fraction of sp³-hybridized carbons (Fsp3) is 0.767. The third kappa shape index (κ3) is 8.07. The van der Waals surface area contributed by atoms with Gasteiger partial charge in [0.05, 0.1) is 5.69 Å². The number of nitrogens with zero attached hydrogens (tertiary/aromatic N) is 1. The highest BCUT2D eigenvalue weighted by Gasteiger charge is 2.25. The van der Waals surface area contributed by atoms with Crippen LogP contribution in [0.2, 0.25) is 0 Å². The topological polar surface area (TPSA) is 12.4 Å². The van der Waals surface area contributed by atoms with E-state index in [0.29, 0.717) is 11.3 Å². The molecule has 0 bridgehead atoms. The van der Waals surface area contributed by atoms with Gasteiger partial charge in [0, 0.05) is 6.21 Å². The molecule has 1 aromatic rings. The average molecular weight is 424 g/mol. The Morgan fingerprint density at radius 1 is 0.935 bits per heavy atom. The highest BCUT2D eigenvalue weighted by molar-refractivity contribution is 5.70. The van der Waals surface area contributed by atoms with E-state index in [1.54, 1.807) is 0 Å². The minimum atomic E-state index is 0.632. The number of hydrogen-bond acceptors (Lipinski definition) is 1. The van der Waals surface area contributed by atoms with Crippen molar-refractivity contribution in [3.05, 3.63) is 29.8 Å². The molecule has 1 saturated carbocycles. The molecule has 0 radical (unpaired) electrons. The molecule has 1 aromatic carbocycles. The number of aliphatic imine (C=N–C) groups is 1. The van der Waals surface area contributed by atoms with Crippen molar-refractivity contribution in [3.63, 3.8) is 0 Å². The summed E-state index contributed by atoms with van der Waals surface area (Å²) in [5.74, 6) is 2.49. The fourth-order valence-corrected chi connectivity index (χ4v) is 6.18. The molecule has 1 aliphatic carbocycles. The van der Waals surface area contributed by atoms with Crippen LogP contribution in [0.1, 0.15) is 135 Å². The molecule has 0 N–H and O–H groups in total. The van der Waals surface area contributed by atoms with Crippen molar-refractivity contribution in [2.75, 3.05) is 0 Å². The van der Waals surface area contributed by atoms with Crippen molar-refractivity contribution in [1.29, 1.82) is 0 Å². The van der Waals surface area contributed by atoms with Gasteiger partial charge >= 0.3 is 0 Å². The first-order valence-corrected chi connectivity index (χ1v) is 13.7. The summed E-state index contributed by atoms with van der Waals surface area (Å²) in [6.45, 7) is 7.49. The number of fused-ring (bicyclic) bond motifs is 1. The summed E-state index contributed by atoms with van der Waals surface area (Å²) >= 11 is 0. The maximum Gasteiger partial charge on any atom is 0.0660 e. The first kappa shape index (κ1) is 24.5. The second kappa shape index (κ2) is 12.8. The summed E-state index contributed by atoms with van der Waals surface area (Å²) in [6, 6.07) is 8.80. The first-order valence-electron chi connectivity index (χ1n) is 13.7. The van der Waals surface area contributed by atoms with Crippen molar-refractivity contribution >= 4 is 11.9 Å². The molecular weight excluding hydrogens is 374 g/mol. The Balaban J connectivity index is 1.42. The number of benzene rings is 1. The monoisotopic (exact) mass is 423 g/mol. The van der Waals surface area contributed by atoms with Gasteiger partial charge in [-0.3, -0.25) is 4.99 Å². The van der Waals surface area contributed by atoms with Crippen molar-refractivity contribution in [2.45, 2.75) is 129 Å². The first-order chi connectivity index (χ1) is 15.1. The number of hydrogen-bond donors (Lipinski definition) is 0. The van der Waals surface area contributed by atoms with Gasteiger partial charge in [0.25, 0.3) is 0 Å². The second-order valence-corrected chi connectivity index (χ2v) is 11.3. The molecule has 3 atom stereocenters. The third-order valence-corrected chi connectivity index (χ3v) is 8.49. The molecule has 0 aromatic heterocycles. The van der Waals surface area contributed by atoms with Crippen molar-refractivity contribution in [3.8, 4) is 0 Å². The van der Waals surface area contributed by atoms with Gasteiger partial charge in [-0.05, 0) is 73.3 Å². The Labute approximate surface area is 193 Å². The van der Waals surface area contributed by atoms with Crippen LogP contribution in [-0.4, -0.2) is 6.21 Å². The van der Waals surface area contributed by atoms with Gasteiger partial charge in [-0.15, -0.1) is 0 Å². The van der Waals surface area contributed by atoms with Gasteiger partial charge in [-0.1, -0.05) is 103 Å². The Bertz CT molecular complexity index is 652. The van der Waals surface area contributed by atoms with Crippen LogP contribution in [0, 0.1) is 17.3 Å². The standard InChI is InChI=1S/C30H49N/c1-4-12-26(17-18-27-20-24-31-29-14-9-8-13-28(27)29)16-15-25(2)19-23-30(3)21-10-6-5-7-11-22-30/h8-9,13-14,24-27H,4-7,10-12,15-23H2,1-3H3/t25?,26?,27-/m0/s1. The van der Waals surface area contributed by atoms with E-state index in [9.17, 15) is 0 Å². The van der Waals surface area contributed by atoms with Crippen LogP contribution in [0.25, 0.3) is 0 Å². The highest BCUT2D eigenvalue weighted by Crippen LogP contribution is 2.40. The third-order valence-electron chi connectivity index (χ3n) is 8.49. The van der Waals surface area contributed by atoms with Gasteiger partial charge in [-0.2, -0.15) is 0 Å². The zero-order valence-corrected chi connectivity index (χ0v) is 20.9. The summed E-state index contributed by atoms with van der Waals surface area (Å²) in [7, 11) is 0. The van der Waals surface area contributed by atoms with E-state index in [2.05, 4.69) is 56.2 Å². The predicted molar refractivity (Wildman–Crippen MR) is 138 cm³/mol. The van der Waals surface area contributed by atoms with E-state index >= 15 is 0 Å². The molecule has 2 unspecified atom stereocenters. The summed E-state index contributed by atoms with van der Waals surface area (Å²) < 4.78 is 0. The Morgan fingerprint density at radius 2 is 1.68 bits per heavy atom. The van der Waals surface area contributed by atoms with E-state index in [4.69, 9.17) is 0 Å². The lowest BCUT2D eigenvalue weighted by molar-refractivity contribution is 0.197. The van der Waals surface area contributed by atoms with E-state index in [1.165, 1.54) is 108 Å². The molecule has 0 spiro atoms. The normalized spacial score (nSPS) is 22.9. The smallest absolute Gasteiger partial charge is 0.0660 e. The van der Waals surface area contributed by atoms with Crippen LogP contribution in [0.15, 0.2) is 29.3 Å². The molecule has 1 nitrogen and oxygen atoms in total. The van der Waals surface area contributed by atoms with E-state index in [0.717, 1.165) is 18.3 Å². The summed E-state index contributed by atoms with van der Waals surface area (Å²) in [5.41, 5.74) is 3.33. The Morgan fingerprint density at radius 3 is 2.45 bits per heavy atom. The lowest BCUT2D eigenvalue weighted by atomic mass is 9.73. The van der Waals surface area contributed by atoms with Crippen molar-refractivity contribution in [1.82, 2.24) is 0 Å². The molecule has 0 amide bonds. The van der Waals surface area contributed by atoms with Crippen LogP contribution >= 0.6 is 0 Å². The van der Waals surface area contributed by atoms with Gasteiger partial charge in [-0.25, -0.2) is 0 Å². The summed E-state index contributed by atoms with van der Waals surface area (Å²) in [6.07, 6.45) is 24.9. The molecule has 1 fully saturated rings. The number of para-hydroxylation sites is 1. The van der Waals surface area contributed by atoms with Crippen LogP contribution in [0.3, 0.4) is 0 Å². The lowest BCUT2D eigenvalue weighted by Gasteiger charge is -2.33. The van der Waals surface area contributed by atoms with Crippen LogP contribution in [-0.2, 0) is 0 Å². The van der Waals surface area contributed by atoms with E-state index in [1.807, 2.05) is 0 Å².